The minimum Gasteiger partial charge on any atom is -0.456 e. The van der Waals surface area contributed by atoms with E-state index in [0.717, 1.165) is 0 Å². The molecule has 0 fully saturated rings. The van der Waals surface area contributed by atoms with E-state index in [9.17, 15) is 9.18 Å². The predicted molar refractivity (Wildman–Crippen MR) is 96.6 cm³/mol. The van der Waals surface area contributed by atoms with Crippen molar-refractivity contribution in [3.63, 3.8) is 0 Å². The van der Waals surface area contributed by atoms with Crippen LogP contribution in [0, 0.1) is 17.1 Å². The molecule has 0 bridgehead atoms. The summed E-state index contributed by atoms with van der Waals surface area (Å²) in [5.41, 5.74) is 7.17. The highest BCUT2D eigenvalue weighted by Crippen LogP contribution is 2.37. The molecule has 0 saturated carbocycles. The van der Waals surface area contributed by atoms with E-state index < -0.39 is 11.7 Å². The molecule has 6 heteroatoms. The number of carbonyl (C=O) groups is 1. The molecular weight excluding hydrogens is 355 g/mol. The number of nitrogens with two attached hydrogens (primary N) is 1. The largest absolute Gasteiger partial charge is 0.456 e. The Bertz CT molecular complexity index is 1030. The zero-order valence-electron chi connectivity index (χ0n) is 13.4. The third-order valence-electron chi connectivity index (χ3n) is 3.69. The number of ether oxygens (including phenoxy) is 1. The van der Waals surface area contributed by atoms with Gasteiger partial charge in [-0.2, -0.15) is 5.26 Å². The number of amides is 1. The van der Waals surface area contributed by atoms with Gasteiger partial charge in [0.1, 0.15) is 22.9 Å². The molecule has 128 valence electrons. The quantitative estimate of drug-likeness (QED) is 0.712. The number of halogens is 2. The van der Waals surface area contributed by atoms with Gasteiger partial charge in [0.2, 0.25) is 0 Å². The number of rotatable bonds is 4. The lowest BCUT2D eigenvalue weighted by Crippen LogP contribution is -2.13. The summed E-state index contributed by atoms with van der Waals surface area (Å²) in [6, 6.07) is 17.4. The number of benzene rings is 3. The Morgan fingerprint density at radius 1 is 1.12 bits per heavy atom. The smallest absolute Gasteiger partial charge is 0.254 e. The van der Waals surface area contributed by atoms with Gasteiger partial charge in [-0.25, -0.2) is 4.39 Å². The first-order valence-electron chi connectivity index (χ1n) is 7.56. The third kappa shape index (κ3) is 3.51. The van der Waals surface area contributed by atoms with E-state index in [2.05, 4.69) is 6.07 Å². The van der Waals surface area contributed by atoms with Crippen molar-refractivity contribution in [2.75, 3.05) is 0 Å². The fraction of sp³-hybridized carbons (Fsp3) is 0. The molecule has 0 aromatic heterocycles. The number of nitriles is 1. The summed E-state index contributed by atoms with van der Waals surface area (Å²) in [6.45, 7) is 0. The number of carbonyl (C=O) groups excluding carboxylic acids is 1. The average Bonchev–Trinajstić information content (AvgIpc) is 2.63. The molecular formula is C20H12ClFN2O2. The lowest BCUT2D eigenvalue weighted by molar-refractivity contribution is 0.0998. The number of hydrogen-bond acceptors (Lipinski definition) is 3. The van der Waals surface area contributed by atoms with Gasteiger partial charge in [-0.15, -0.1) is 0 Å². The molecule has 0 spiro atoms. The highest BCUT2D eigenvalue weighted by molar-refractivity contribution is 6.37. The molecule has 0 saturated heterocycles. The normalized spacial score (nSPS) is 10.2. The molecule has 0 unspecified atom stereocenters. The molecule has 26 heavy (non-hydrogen) atoms. The van der Waals surface area contributed by atoms with Gasteiger partial charge < -0.3 is 10.5 Å². The maximum absolute atomic E-state index is 13.0. The van der Waals surface area contributed by atoms with Crippen molar-refractivity contribution in [3.8, 4) is 28.7 Å². The van der Waals surface area contributed by atoms with E-state index in [1.54, 1.807) is 36.4 Å². The summed E-state index contributed by atoms with van der Waals surface area (Å²) in [5.74, 6) is -0.665. The van der Waals surface area contributed by atoms with Gasteiger partial charge in [-0.1, -0.05) is 23.7 Å². The van der Waals surface area contributed by atoms with Crippen molar-refractivity contribution in [1.82, 2.24) is 0 Å². The minimum absolute atomic E-state index is 0.0100. The van der Waals surface area contributed by atoms with Crippen LogP contribution in [0.3, 0.4) is 0 Å². The number of primary amides is 1. The SMILES string of the molecule is N#Cc1cccc(-c2ccc(Oc3ccc(F)cc3)c(C(N)=O)c2Cl)c1. The molecule has 3 aromatic carbocycles. The van der Waals surface area contributed by atoms with Crippen LogP contribution in [0.4, 0.5) is 4.39 Å². The second-order valence-electron chi connectivity index (χ2n) is 5.41. The third-order valence-corrected chi connectivity index (χ3v) is 4.09. The summed E-state index contributed by atoms with van der Waals surface area (Å²) >= 11 is 6.41. The average molecular weight is 367 g/mol. The van der Waals surface area contributed by atoms with Crippen LogP contribution in [0.2, 0.25) is 5.02 Å². The van der Waals surface area contributed by atoms with Crippen LogP contribution < -0.4 is 10.5 Å². The van der Waals surface area contributed by atoms with Gasteiger partial charge in [-0.3, -0.25) is 4.79 Å². The summed E-state index contributed by atoms with van der Waals surface area (Å²) in [7, 11) is 0. The second kappa shape index (κ2) is 7.26. The van der Waals surface area contributed by atoms with Crippen molar-refractivity contribution in [1.29, 1.82) is 5.26 Å². The summed E-state index contributed by atoms with van der Waals surface area (Å²) in [4.78, 5) is 11.9. The predicted octanol–water partition coefficient (Wildman–Crippen LogP) is 4.91. The zero-order valence-corrected chi connectivity index (χ0v) is 14.1. The Morgan fingerprint density at radius 3 is 2.50 bits per heavy atom. The van der Waals surface area contributed by atoms with E-state index in [1.807, 2.05) is 0 Å². The molecule has 3 rings (SSSR count). The molecule has 0 atom stereocenters. The Labute approximate surface area is 154 Å². The first-order chi connectivity index (χ1) is 12.5. The molecule has 2 N–H and O–H groups in total. The number of nitrogens with zero attached hydrogens (tertiary/aromatic N) is 1. The van der Waals surface area contributed by atoms with Crippen LogP contribution in [0.15, 0.2) is 60.7 Å². The van der Waals surface area contributed by atoms with Crippen molar-refractivity contribution in [3.05, 3.63) is 82.6 Å². The first kappa shape index (κ1) is 17.5. The Morgan fingerprint density at radius 2 is 1.85 bits per heavy atom. The monoisotopic (exact) mass is 366 g/mol. The molecule has 0 aliphatic carbocycles. The Kier molecular flexibility index (Phi) is 4.87. The summed E-state index contributed by atoms with van der Waals surface area (Å²) in [6.07, 6.45) is 0. The van der Waals surface area contributed by atoms with Crippen molar-refractivity contribution < 1.29 is 13.9 Å². The first-order valence-corrected chi connectivity index (χ1v) is 7.93. The lowest BCUT2D eigenvalue weighted by Gasteiger charge is -2.14. The molecule has 0 radical (unpaired) electrons. The van der Waals surface area contributed by atoms with Gasteiger partial charge >= 0.3 is 0 Å². The van der Waals surface area contributed by atoms with Crippen LogP contribution >= 0.6 is 11.6 Å². The molecule has 4 nitrogen and oxygen atoms in total. The maximum Gasteiger partial charge on any atom is 0.254 e. The van der Waals surface area contributed by atoms with E-state index in [1.165, 1.54) is 24.3 Å². The lowest BCUT2D eigenvalue weighted by atomic mass is 10.00. The molecule has 3 aromatic rings. The van der Waals surface area contributed by atoms with Gasteiger partial charge in [0, 0.05) is 5.56 Å². The van der Waals surface area contributed by atoms with Crippen LogP contribution in [0.1, 0.15) is 15.9 Å². The van der Waals surface area contributed by atoms with E-state index in [4.69, 9.17) is 27.3 Å². The van der Waals surface area contributed by atoms with Crippen LogP contribution in [0.5, 0.6) is 11.5 Å². The number of hydrogen-bond donors (Lipinski definition) is 1. The van der Waals surface area contributed by atoms with Gasteiger partial charge in [-0.05, 0) is 54.1 Å². The van der Waals surface area contributed by atoms with E-state index in [-0.39, 0.29) is 16.3 Å². The molecule has 0 heterocycles. The minimum atomic E-state index is -0.759. The molecule has 0 aliphatic heterocycles. The summed E-state index contributed by atoms with van der Waals surface area (Å²) < 4.78 is 18.7. The van der Waals surface area contributed by atoms with Gasteiger partial charge in [0.25, 0.3) is 5.91 Å². The summed E-state index contributed by atoms with van der Waals surface area (Å²) in [5, 5.41) is 9.16. The van der Waals surface area contributed by atoms with Crippen LogP contribution in [-0.4, -0.2) is 5.91 Å². The highest BCUT2D eigenvalue weighted by Gasteiger charge is 2.19. The fourth-order valence-corrected chi connectivity index (χ4v) is 2.84. The van der Waals surface area contributed by atoms with Crippen LogP contribution in [0.25, 0.3) is 11.1 Å². The topological polar surface area (TPSA) is 76.1 Å². The van der Waals surface area contributed by atoms with Crippen LogP contribution in [-0.2, 0) is 0 Å². The highest BCUT2D eigenvalue weighted by atomic mass is 35.5. The Hall–Kier alpha value is -3.36. The van der Waals surface area contributed by atoms with Crippen molar-refractivity contribution >= 4 is 17.5 Å². The Balaban J connectivity index is 2.08. The zero-order chi connectivity index (χ0) is 18.7. The standard InChI is InChI=1S/C20H12ClFN2O2/c21-19-16(13-3-1-2-12(10-13)11-23)8-9-17(18(19)20(24)25)26-15-6-4-14(22)5-7-15/h1-10H,(H2,24,25). The maximum atomic E-state index is 13.0. The van der Waals surface area contributed by atoms with E-state index in [0.29, 0.717) is 22.4 Å². The molecule has 0 aliphatic rings. The van der Waals surface area contributed by atoms with Gasteiger partial charge in [0.15, 0.2) is 0 Å². The van der Waals surface area contributed by atoms with Crippen molar-refractivity contribution in [2.24, 2.45) is 5.73 Å². The fourth-order valence-electron chi connectivity index (χ4n) is 2.48. The molecule has 1 amide bonds. The second-order valence-corrected chi connectivity index (χ2v) is 5.79. The van der Waals surface area contributed by atoms with Gasteiger partial charge in [0.05, 0.1) is 16.7 Å². The van der Waals surface area contributed by atoms with Crippen molar-refractivity contribution in [2.45, 2.75) is 0 Å². The van der Waals surface area contributed by atoms with E-state index >= 15 is 0 Å².